The molecule has 1 heterocycles. The first-order valence-corrected chi connectivity index (χ1v) is 9.59. The number of nitrogens with zero attached hydrogens (tertiary/aromatic N) is 1. The fourth-order valence-corrected chi connectivity index (χ4v) is 2.55. The predicted molar refractivity (Wildman–Crippen MR) is 102 cm³/mol. The molecule has 2 aromatic rings. The Balaban J connectivity index is 2.42. The summed E-state index contributed by atoms with van der Waals surface area (Å²) in [5.74, 6) is -1.67. The third-order valence-electron chi connectivity index (χ3n) is 3.13. The molecule has 0 N–H and O–H groups in total. The Morgan fingerprint density at radius 2 is 1.55 bits per heavy atom. The van der Waals surface area contributed by atoms with Crippen LogP contribution < -0.4 is 9.47 Å². The number of aromatic nitrogens is 1. The van der Waals surface area contributed by atoms with Gasteiger partial charge in [0, 0.05) is 12.1 Å². The zero-order valence-corrected chi connectivity index (χ0v) is 18.3. The normalized spacial score (nSPS) is 11.9. The molecule has 0 spiro atoms. The van der Waals surface area contributed by atoms with Gasteiger partial charge in [-0.05, 0) is 50.1 Å². The van der Waals surface area contributed by atoms with E-state index in [4.69, 9.17) is 32.7 Å². The molecule has 2 rings (SSSR count). The molecule has 29 heavy (non-hydrogen) atoms. The zero-order chi connectivity index (χ0) is 22.0. The third kappa shape index (κ3) is 6.66. The zero-order valence-electron chi connectivity index (χ0n) is 13.6. The summed E-state index contributed by atoms with van der Waals surface area (Å²) in [6.45, 7) is 0.0650. The summed E-state index contributed by atoms with van der Waals surface area (Å²) in [6.07, 6.45) is -8.41. The van der Waals surface area contributed by atoms with E-state index >= 15 is 0 Å². The number of benzene rings is 1. The van der Waals surface area contributed by atoms with Crippen LogP contribution in [0.4, 0.5) is 26.3 Å². The molecule has 0 aliphatic heterocycles. The first-order chi connectivity index (χ1) is 13.3. The molecule has 0 radical (unpaired) electrons. The van der Waals surface area contributed by atoms with Gasteiger partial charge in [-0.25, -0.2) is 4.98 Å². The Labute approximate surface area is 186 Å². The highest BCUT2D eigenvalue weighted by Gasteiger charge is 2.39. The van der Waals surface area contributed by atoms with Crippen LogP contribution in [0.5, 0.6) is 17.4 Å². The van der Waals surface area contributed by atoms with Crippen LogP contribution in [0.1, 0.15) is 11.3 Å². The van der Waals surface area contributed by atoms with Crippen molar-refractivity contribution >= 4 is 55.1 Å². The average Bonchev–Trinajstić information content (AvgIpc) is 2.57. The fourth-order valence-electron chi connectivity index (χ4n) is 1.89. The maximum atomic E-state index is 13.1. The first kappa shape index (κ1) is 24.1. The van der Waals surface area contributed by atoms with Crippen LogP contribution in [-0.2, 0) is 12.4 Å². The van der Waals surface area contributed by atoms with Gasteiger partial charge in [0.2, 0.25) is 5.88 Å². The smallest absolute Gasteiger partial charge is 0.433 e. The predicted octanol–water partition coefficient (Wildman–Crippen LogP) is 8.23. The van der Waals surface area contributed by atoms with E-state index in [1.807, 2.05) is 0 Å². The Bertz CT molecular complexity index is 931. The number of pyridine rings is 1. The number of rotatable bonds is 5. The van der Waals surface area contributed by atoms with Crippen molar-refractivity contribution in [3.63, 3.8) is 0 Å². The topological polar surface area (TPSA) is 31.4 Å². The van der Waals surface area contributed by atoms with Gasteiger partial charge in [-0.15, -0.1) is 0 Å². The molecule has 3 nitrogen and oxygen atoms in total. The lowest BCUT2D eigenvalue weighted by molar-refractivity contribution is -0.145. The molecule has 0 atom stereocenters. The lowest BCUT2D eigenvalue weighted by Gasteiger charge is -2.16. The van der Waals surface area contributed by atoms with Gasteiger partial charge in [-0.2, -0.15) is 26.3 Å². The summed E-state index contributed by atoms with van der Waals surface area (Å²) in [6, 6.07) is 2.59. The van der Waals surface area contributed by atoms with Gasteiger partial charge in [0.15, 0.2) is 0 Å². The second-order valence-electron chi connectivity index (χ2n) is 5.16. The van der Waals surface area contributed by atoms with Crippen LogP contribution in [0.25, 0.3) is 0 Å². The lowest BCUT2D eigenvalue weighted by atomic mass is 10.2. The number of hydrogen-bond donors (Lipinski definition) is 0. The van der Waals surface area contributed by atoms with Crippen LogP contribution >= 0.6 is 55.1 Å². The van der Waals surface area contributed by atoms with Gasteiger partial charge in [0.1, 0.15) is 29.4 Å². The van der Waals surface area contributed by atoms with E-state index in [9.17, 15) is 26.3 Å². The number of halogens is 10. The Morgan fingerprint density at radius 3 is 2.10 bits per heavy atom. The summed E-state index contributed by atoms with van der Waals surface area (Å²) in [7, 11) is 0. The second kappa shape index (κ2) is 9.32. The van der Waals surface area contributed by atoms with Gasteiger partial charge >= 0.3 is 12.4 Å². The molecule has 0 saturated carbocycles. The van der Waals surface area contributed by atoms with Crippen molar-refractivity contribution in [3.8, 4) is 17.4 Å². The van der Waals surface area contributed by atoms with E-state index in [0.29, 0.717) is 3.39 Å². The molecule has 0 aliphatic rings. The number of alkyl halides is 6. The summed E-state index contributed by atoms with van der Waals surface area (Å²) < 4.78 is 88.8. The first-order valence-electron chi connectivity index (χ1n) is 7.25. The summed E-state index contributed by atoms with van der Waals surface area (Å²) in [5.41, 5.74) is -3.07. The molecule has 0 saturated heterocycles. The average molecular weight is 590 g/mol. The molecule has 13 heteroatoms. The molecule has 1 aromatic heterocycles. The van der Waals surface area contributed by atoms with Crippen LogP contribution in [0.2, 0.25) is 10.0 Å². The summed E-state index contributed by atoms with van der Waals surface area (Å²) in [5, 5.41) is -0.345. The van der Waals surface area contributed by atoms with Crippen molar-refractivity contribution in [2.75, 3.05) is 6.61 Å². The Kier molecular flexibility index (Phi) is 7.74. The molecule has 1 aromatic carbocycles. The molecule has 0 amide bonds. The highest BCUT2D eigenvalue weighted by Crippen LogP contribution is 2.42. The van der Waals surface area contributed by atoms with Crippen LogP contribution in [0, 0.1) is 0 Å². The minimum Gasteiger partial charge on any atom is -0.488 e. The molecule has 158 valence electrons. The summed E-state index contributed by atoms with van der Waals surface area (Å²) in [4.78, 5) is 2.95. The van der Waals surface area contributed by atoms with E-state index in [2.05, 4.69) is 36.8 Å². The summed E-state index contributed by atoms with van der Waals surface area (Å²) >= 11 is 18.2. The largest absolute Gasteiger partial charge is 0.488 e. The van der Waals surface area contributed by atoms with Gasteiger partial charge in [-0.3, -0.25) is 0 Å². The molecule has 0 fully saturated rings. The minimum absolute atomic E-state index is 0.0650. The Hall–Kier alpha value is -1.17. The minimum atomic E-state index is -5.01. The van der Waals surface area contributed by atoms with Crippen LogP contribution in [0.15, 0.2) is 33.7 Å². The van der Waals surface area contributed by atoms with E-state index in [0.717, 1.165) is 12.1 Å². The van der Waals surface area contributed by atoms with Crippen molar-refractivity contribution in [2.45, 2.75) is 12.4 Å². The Morgan fingerprint density at radius 1 is 0.966 bits per heavy atom. The molecule has 0 bridgehead atoms. The van der Waals surface area contributed by atoms with E-state index in [1.165, 1.54) is 0 Å². The quantitative estimate of drug-likeness (QED) is 0.329. The van der Waals surface area contributed by atoms with E-state index in [1.54, 1.807) is 6.08 Å². The van der Waals surface area contributed by atoms with Crippen molar-refractivity contribution in [2.24, 2.45) is 0 Å². The van der Waals surface area contributed by atoms with Gasteiger partial charge in [0.25, 0.3) is 0 Å². The van der Waals surface area contributed by atoms with Crippen LogP contribution in [0.3, 0.4) is 0 Å². The van der Waals surface area contributed by atoms with Gasteiger partial charge < -0.3 is 9.47 Å². The van der Waals surface area contributed by atoms with Crippen molar-refractivity contribution in [1.29, 1.82) is 0 Å². The molecular weight excluding hydrogens is 583 g/mol. The van der Waals surface area contributed by atoms with Crippen LogP contribution in [-0.4, -0.2) is 11.6 Å². The highest BCUT2D eigenvalue weighted by molar-refractivity contribution is 9.28. The van der Waals surface area contributed by atoms with E-state index < -0.39 is 35.2 Å². The third-order valence-corrected chi connectivity index (χ3v) is 4.36. The SMILES string of the molecule is FC(F)(F)c1ccc(C(F)(F)F)c(Oc2cc(Cl)c(OCC=C(Br)Br)cc2Cl)n1. The monoisotopic (exact) mass is 587 g/mol. The number of hydrogen-bond acceptors (Lipinski definition) is 3. The van der Waals surface area contributed by atoms with Gasteiger partial charge in [0.05, 0.1) is 13.4 Å². The molecule has 0 aliphatic carbocycles. The van der Waals surface area contributed by atoms with Crippen molar-refractivity contribution in [3.05, 3.63) is 55.0 Å². The molecular formula is C16H7Br2Cl2F6NO2. The molecule has 0 unspecified atom stereocenters. The maximum absolute atomic E-state index is 13.1. The maximum Gasteiger partial charge on any atom is 0.433 e. The second-order valence-corrected chi connectivity index (χ2v) is 8.75. The van der Waals surface area contributed by atoms with Crippen molar-refractivity contribution < 1.29 is 35.8 Å². The van der Waals surface area contributed by atoms with Crippen molar-refractivity contribution in [1.82, 2.24) is 4.98 Å². The highest BCUT2D eigenvalue weighted by atomic mass is 79.9. The fraction of sp³-hybridized carbons (Fsp3) is 0.188. The van der Waals surface area contributed by atoms with Gasteiger partial charge in [-0.1, -0.05) is 23.2 Å². The van der Waals surface area contributed by atoms with E-state index in [-0.39, 0.29) is 34.5 Å². The lowest BCUT2D eigenvalue weighted by Crippen LogP contribution is -2.13. The number of ether oxygens (including phenoxy) is 2. The standard InChI is InChI=1S/C16H7Br2Cl2F6NO2/c17-13(18)3-4-28-10-5-9(20)11(6-8(10)19)29-14-7(15(21,22)23)1-2-12(27-14)16(24,25)26/h1-3,5-6H,4H2.